The van der Waals surface area contributed by atoms with Crippen LogP contribution in [0, 0.1) is 13.8 Å². The van der Waals surface area contributed by atoms with E-state index in [9.17, 15) is 4.79 Å². The summed E-state index contributed by atoms with van der Waals surface area (Å²) < 4.78 is 7.46. The maximum atomic E-state index is 12.5. The van der Waals surface area contributed by atoms with E-state index < -0.39 is 0 Å². The average molecular weight is 302 g/mol. The summed E-state index contributed by atoms with van der Waals surface area (Å²) in [6, 6.07) is 0.0993. The van der Waals surface area contributed by atoms with Gasteiger partial charge in [0.1, 0.15) is 17.4 Å². The molecule has 2 aromatic rings. The number of carbonyl (C=O) groups excluding carboxylic acids is 1. The monoisotopic (exact) mass is 302 g/mol. The first kappa shape index (κ1) is 14.8. The molecule has 0 saturated carbocycles. The molecule has 0 aliphatic carbocycles. The van der Waals surface area contributed by atoms with E-state index in [1.165, 1.54) is 0 Å². The molecule has 0 aromatic carbocycles. The molecular formula is C16H22N4O2. The lowest BCUT2D eigenvalue weighted by atomic mass is 10.0. The summed E-state index contributed by atoms with van der Waals surface area (Å²) in [4.78, 5) is 12.5. The highest BCUT2D eigenvalue weighted by Crippen LogP contribution is 2.21. The standard InChI is InChI=1S/C16H22N4O2/c1-9(2)15-19-18-13-6-5-12(7-20(13)15)17-16(21)14-10(3)8-22-11(14)4/h8-9,12H,5-7H2,1-4H3,(H,17,21). The van der Waals surface area contributed by atoms with Gasteiger partial charge in [0.05, 0.1) is 11.8 Å². The molecule has 1 amide bonds. The number of rotatable bonds is 3. The van der Waals surface area contributed by atoms with Crippen LogP contribution < -0.4 is 5.32 Å². The zero-order valence-corrected chi connectivity index (χ0v) is 13.5. The minimum absolute atomic E-state index is 0.0589. The normalized spacial score (nSPS) is 17.6. The first-order valence-electron chi connectivity index (χ1n) is 7.75. The molecule has 22 heavy (non-hydrogen) atoms. The van der Waals surface area contributed by atoms with Gasteiger partial charge in [-0.1, -0.05) is 13.8 Å². The predicted octanol–water partition coefficient (Wildman–Crippen LogP) is 2.36. The molecule has 6 heteroatoms. The quantitative estimate of drug-likeness (QED) is 0.944. The molecule has 0 bridgehead atoms. The highest BCUT2D eigenvalue weighted by atomic mass is 16.3. The first-order valence-corrected chi connectivity index (χ1v) is 7.75. The molecule has 0 fully saturated rings. The number of amides is 1. The Kier molecular flexibility index (Phi) is 3.76. The fraction of sp³-hybridized carbons (Fsp3) is 0.562. The van der Waals surface area contributed by atoms with Gasteiger partial charge in [-0.05, 0) is 20.3 Å². The molecule has 118 valence electrons. The summed E-state index contributed by atoms with van der Waals surface area (Å²) >= 11 is 0. The summed E-state index contributed by atoms with van der Waals surface area (Å²) in [6.07, 6.45) is 3.35. The minimum atomic E-state index is -0.0589. The number of aryl methyl sites for hydroxylation is 3. The second-order valence-electron chi connectivity index (χ2n) is 6.30. The van der Waals surface area contributed by atoms with Crippen LogP contribution in [0.3, 0.4) is 0 Å². The van der Waals surface area contributed by atoms with Crippen molar-refractivity contribution in [2.24, 2.45) is 0 Å². The van der Waals surface area contributed by atoms with Gasteiger partial charge in [0.2, 0.25) is 0 Å². The maximum Gasteiger partial charge on any atom is 0.255 e. The average Bonchev–Trinajstić information content (AvgIpc) is 3.02. The highest BCUT2D eigenvalue weighted by Gasteiger charge is 2.26. The third-order valence-electron chi connectivity index (χ3n) is 4.21. The Bertz CT molecular complexity index is 680. The van der Waals surface area contributed by atoms with Crippen LogP contribution in [0.5, 0.6) is 0 Å². The van der Waals surface area contributed by atoms with Gasteiger partial charge >= 0.3 is 0 Å². The van der Waals surface area contributed by atoms with E-state index in [4.69, 9.17) is 4.42 Å². The molecule has 0 saturated heterocycles. The predicted molar refractivity (Wildman–Crippen MR) is 81.9 cm³/mol. The third-order valence-corrected chi connectivity index (χ3v) is 4.21. The number of fused-ring (bicyclic) bond motifs is 1. The number of carbonyl (C=O) groups is 1. The molecule has 2 aromatic heterocycles. The van der Waals surface area contributed by atoms with Gasteiger partial charge in [-0.3, -0.25) is 4.79 Å². The molecule has 3 heterocycles. The number of hydrogen-bond donors (Lipinski definition) is 1. The topological polar surface area (TPSA) is 73.0 Å². The van der Waals surface area contributed by atoms with Gasteiger partial charge in [-0.2, -0.15) is 0 Å². The lowest BCUT2D eigenvalue weighted by molar-refractivity contribution is 0.0925. The molecular weight excluding hydrogens is 280 g/mol. The van der Waals surface area contributed by atoms with Crippen LogP contribution in [0.15, 0.2) is 10.7 Å². The molecule has 0 radical (unpaired) electrons. The van der Waals surface area contributed by atoms with E-state index in [-0.39, 0.29) is 11.9 Å². The third kappa shape index (κ3) is 2.53. The minimum Gasteiger partial charge on any atom is -0.469 e. The van der Waals surface area contributed by atoms with E-state index in [0.29, 0.717) is 17.2 Å². The zero-order chi connectivity index (χ0) is 15.9. The van der Waals surface area contributed by atoms with E-state index in [1.54, 1.807) is 6.26 Å². The van der Waals surface area contributed by atoms with Gasteiger partial charge in [0.15, 0.2) is 0 Å². The van der Waals surface area contributed by atoms with E-state index in [1.807, 2.05) is 13.8 Å². The van der Waals surface area contributed by atoms with Crippen LogP contribution in [0.2, 0.25) is 0 Å². The Morgan fingerprint density at radius 1 is 1.41 bits per heavy atom. The van der Waals surface area contributed by atoms with Crippen molar-refractivity contribution in [3.05, 3.63) is 34.8 Å². The van der Waals surface area contributed by atoms with Gasteiger partial charge in [0.25, 0.3) is 5.91 Å². The number of furan rings is 1. The maximum absolute atomic E-state index is 12.5. The van der Waals surface area contributed by atoms with Crippen molar-refractivity contribution in [1.82, 2.24) is 20.1 Å². The molecule has 1 aliphatic rings. The molecule has 1 unspecified atom stereocenters. The van der Waals surface area contributed by atoms with Gasteiger partial charge in [0, 0.05) is 30.5 Å². The van der Waals surface area contributed by atoms with Crippen molar-refractivity contribution >= 4 is 5.91 Å². The summed E-state index contributed by atoms with van der Waals surface area (Å²) in [5.74, 6) is 2.94. The van der Waals surface area contributed by atoms with E-state index >= 15 is 0 Å². The lowest BCUT2D eigenvalue weighted by Crippen LogP contribution is -2.41. The smallest absolute Gasteiger partial charge is 0.255 e. The summed E-state index contributed by atoms with van der Waals surface area (Å²) in [5, 5.41) is 11.7. The summed E-state index contributed by atoms with van der Waals surface area (Å²) in [7, 11) is 0. The van der Waals surface area contributed by atoms with E-state index in [0.717, 1.165) is 36.6 Å². The molecule has 6 nitrogen and oxygen atoms in total. The van der Waals surface area contributed by atoms with Gasteiger partial charge < -0.3 is 14.3 Å². The van der Waals surface area contributed by atoms with Crippen LogP contribution in [0.1, 0.15) is 59.5 Å². The second-order valence-corrected chi connectivity index (χ2v) is 6.30. The van der Waals surface area contributed by atoms with Crippen LogP contribution in [-0.2, 0) is 13.0 Å². The van der Waals surface area contributed by atoms with Crippen molar-refractivity contribution < 1.29 is 9.21 Å². The Hall–Kier alpha value is -2.11. The number of nitrogens with zero attached hydrogens (tertiary/aromatic N) is 3. The van der Waals surface area contributed by atoms with Gasteiger partial charge in [-0.25, -0.2) is 0 Å². The van der Waals surface area contributed by atoms with Crippen LogP contribution in [0.4, 0.5) is 0 Å². The van der Waals surface area contributed by atoms with Crippen molar-refractivity contribution in [2.75, 3.05) is 0 Å². The number of nitrogens with one attached hydrogen (secondary N) is 1. The van der Waals surface area contributed by atoms with Crippen molar-refractivity contribution in [2.45, 2.75) is 59.0 Å². The zero-order valence-electron chi connectivity index (χ0n) is 13.5. The van der Waals surface area contributed by atoms with Crippen molar-refractivity contribution in [3.63, 3.8) is 0 Å². The van der Waals surface area contributed by atoms with Crippen molar-refractivity contribution in [3.8, 4) is 0 Å². The Labute approximate surface area is 129 Å². The number of aromatic nitrogens is 3. The van der Waals surface area contributed by atoms with Gasteiger partial charge in [-0.15, -0.1) is 10.2 Å². The van der Waals surface area contributed by atoms with E-state index in [2.05, 4.69) is 33.9 Å². The Morgan fingerprint density at radius 3 is 2.82 bits per heavy atom. The first-order chi connectivity index (χ1) is 10.5. The largest absolute Gasteiger partial charge is 0.469 e. The lowest BCUT2D eigenvalue weighted by Gasteiger charge is -2.26. The van der Waals surface area contributed by atoms with Crippen LogP contribution >= 0.6 is 0 Å². The van der Waals surface area contributed by atoms with Crippen LogP contribution in [0.25, 0.3) is 0 Å². The summed E-state index contributed by atoms with van der Waals surface area (Å²) in [6.45, 7) is 8.66. The molecule has 3 rings (SSSR count). The SMILES string of the molecule is Cc1coc(C)c1C(=O)NC1CCc2nnc(C(C)C)n2C1. The Balaban J connectivity index is 1.75. The summed E-state index contributed by atoms with van der Waals surface area (Å²) in [5.41, 5.74) is 1.53. The molecule has 1 aliphatic heterocycles. The fourth-order valence-electron chi connectivity index (χ4n) is 3.06. The number of hydrogen-bond acceptors (Lipinski definition) is 4. The molecule has 0 spiro atoms. The fourth-order valence-corrected chi connectivity index (χ4v) is 3.06. The highest BCUT2D eigenvalue weighted by molar-refractivity contribution is 5.96. The Morgan fingerprint density at radius 2 is 2.18 bits per heavy atom. The molecule has 1 N–H and O–H groups in total. The second kappa shape index (κ2) is 5.59. The van der Waals surface area contributed by atoms with Crippen LogP contribution in [-0.4, -0.2) is 26.7 Å². The van der Waals surface area contributed by atoms with Crippen molar-refractivity contribution in [1.29, 1.82) is 0 Å². The molecule has 1 atom stereocenters.